The third kappa shape index (κ3) is 4.94. The minimum atomic E-state index is -3.62. The molecule has 1 aliphatic heterocycles. The first-order valence-electron chi connectivity index (χ1n) is 7.87. The molecule has 0 radical (unpaired) electrons. The highest BCUT2D eigenvalue weighted by Gasteiger charge is 2.22. The average molecular weight is 340 g/mol. The molecule has 0 aliphatic carbocycles. The van der Waals surface area contributed by atoms with Crippen LogP contribution in [0.2, 0.25) is 0 Å². The summed E-state index contributed by atoms with van der Waals surface area (Å²) in [6.45, 7) is 6.11. The predicted octanol–water partition coefficient (Wildman–Crippen LogP) is 2.51. The first-order valence-corrected chi connectivity index (χ1v) is 9.35. The van der Waals surface area contributed by atoms with Crippen LogP contribution in [0.5, 0.6) is 5.75 Å². The average Bonchev–Trinajstić information content (AvgIpc) is 2.45. The van der Waals surface area contributed by atoms with E-state index >= 15 is 0 Å². The molecule has 1 aliphatic rings. The van der Waals surface area contributed by atoms with Gasteiger partial charge in [0.1, 0.15) is 5.75 Å². The van der Waals surface area contributed by atoms with Crippen LogP contribution < -0.4 is 14.8 Å². The van der Waals surface area contributed by atoms with Gasteiger partial charge in [-0.05, 0) is 37.5 Å². The van der Waals surface area contributed by atoms with Gasteiger partial charge in [0.25, 0.3) is 5.91 Å². The van der Waals surface area contributed by atoms with Gasteiger partial charge in [-0.1, -0.05) is 26.7 Å². The Morgan fingerprint density at radius 2 is 2.00 bits per heavy atom. The molecule has 0 saturated heterocycles. The molecule has 1 heterocycles. The van der Waals surface area contributed by atoms with Crippen molar-refractivity contribution in [3.05, 3.63) is 18.2 Å². The molecular formula is C16H24N2O4S. The summed E-state index contributed by atoms with van der Waals surface area (Å²) in [6, 6.07) is 4.34. The van der Waals surface area contributed by atoms with Gasteiger partial charge in [-0.3, -0.25) is 4.79 Å². The van der Waals surface area contributed by atoms with Crippen LogP contribution in [0.15, 0.2) is 23.1 Å². The zero-order valence-corrected chi connectivity index (χ0v) is 14.6. The van der Waals surface area contributed by atoms with Crippen LogP contribution in [0, 0.1) is 5.92 Å². The number of anilines is 1. The Morgan fingerprint density at radius 3 is 2.70 bits per heavy atom. The summed E-state index contributed by atoms with van der Waals surface area (Å²) < 4.78 is 32.8. The van der Waals surface area contributed by atoms with E-state index < -0.39 is 10.0 Å². The molecule has 0 spiro atoms. The molecule has 0 unspecified atom stereocenters. The van der Waals surface area contributed by atoms with Gasteiger partial charge in [-0.15, -0.1) is 0 Å². The number of rotatable bonds is 7. The van der Waals surface area contributed by atoms with Crippen molar-refractivity contribution in [1.29, 1.82) is 0 Å². The molecule has 1 amide bonds. The summed E-state index contributed by atoms with van der Waals surface area (Å²) in [5.74, 6) is 0.804. The maximum absolute atomic E-state index is 12.4. The maximum Gasteiger partial charge on any atom is 0.262 e. The minimum absolute atomic E-state index is 0.0514. The molecule has 1 atom stereocenters. The Morgan fingerprint density at radius 1 is 1.26 bits per heavy atom. The summed E-state index contributed by atoms with van der Waals surface area (Å²) in [5, 5.41) is 2.62. The zero-order chi connectivity index (χ0) is 17.0. The lowest BCUT2D eigenvalue weighted by Gasteiger charge is -2.19. The van der Waals surface area contributed by atoms with Crippen molar-refractivity contribution in [2.75, 3.05) is 11.9 Å². The number of nitrogens with one attached hydrogen (secondary N) is 2. The fraction of sp³-hybridized carbons (Fsp3) is 0.562. The van der Waals surface area contributed by atoms with E-state index in [1.165, 1.54) is 12.1 Å². The highest BCUT2D eigenvalue weighted by molar-refractivity contribution is 7.89. The number of amides is 1. The molecular weight excluding hydrogens is 316 g/mol. The molecule has 23 heavy (non-hydrogen) atoms. The Kier molecular flexibility index (Phi) is 5.64. The van der Waals surface area contributed by atoms with Crippen LogP contribution in [0.4, 0.5) is 5.69 Å². The molecule has 0 aromatic heterocycles. The number of benzene rings is 1. The van der Waals surface area contributed by atoms with Gasteiger partial charge >= 0.3 is 0 Å². The van der Waals surface area contributed by atoms with Crippen molar-refractivity contribution in [1.82, 2.24) is 4.72 Å². The van der Waals surface area contributed by atoms with Crippen molar-refractivity contribution < 1.29 is 17.9 Å². The number of ether oxygens (including phenoxy) is 1. The lowest BCUT2D eigenvalue weighted by Crippen LogP contribution is -2.33. The van der Waals surface area contributed by atoms with Crippen LogP contribution >= 0.6 is 0 Å². The second-order valence-electron chi connectivity index (χ2n) is 6.34. The zero-order valence-electron chi connectivity index (χ0n) is 13.8. The van der Waals surface area contributed by atoms with Crippen molar-refractivity contribution in [2.45, 2.75) is 51.0 Å². The van der Waals surface area contributed by atoms with Crippen molar-refractivity contribution in [3.63, 3.8) is 0 Å². The number of fused-ring (bicyclic) bond motifs is 1. The third-order valence-electron chi connectivity index (χ3n) is 3.67. The normalized spacial score (nSPS) is 15.7. The topological polar surface area (TPSA) is 84.5 Å². The Balaban J connectivity index is 2.04. The van der Waals surface area contributed by atoms with E-state index in [1.807, 2.05) is 6.92 Å². The van der Waals surface area contributed by atoms with E-state index in [4.69, 9.17) is 4.74 Å². The molecule has 6 nitrogen and oxygen atoms in total. The second kappa shape index (κ2) is 7.31. The summed E-state index contributed by atoms with van der Waals surface area (Å²) in [6.07, 6.45) is 2.85. The van der Waals surface area contributed by atoms with E-state index in [1.54, 1.807) is 6.07 Å². The summed E-state index contributed by atoms with van der Waals surface area (Å²) in [7, 11) is -3.62. The molecule has 7 heteroatoms. The second-order valence-corrected chi connectivity index (χ2v) is 8.06. The molecule has 0 fully saturated rings. The van der Waals surface area contributed by atoms with Gasteiger partial charge < -0.3 is 10.1 Å². The van der Waals surface area contributed by atoms with E-state index in [-0.39, 0.29) is 23.5 Å². The van der Waals surface area contributed by atoms with Gasteiger partial charge in [-0.25, -0.2) is 13.1 Å². The van der Waals surface area contributed by atoms with E-state index in [0.717, 1.165) is 19.3 Å². The number of hydrogen-bond acceptors (Lipinski definition) is 4. The smallest absolute Gasteiger partial charge is 0.262 e. The van der Waals surface area contributed by atoms with Gasteiger partial charge in [0.15, 0.2) is 6.61 Å². The van der Waals surface area contributed by atoms with Gasteiger partial charge in [0, 0.05) is 6.04 Å². The quantitative estimate of drug-likeness (QED) is 0.799. The summed E-state index contributed by atoms with van der Waals surface area (Å²) >= 11 is 0. The van der Waals surface area contributed by atoms with Crippen molar-refractivity contribution in [2.24, 2.45) is 5.92 Å². The molecule has 0 saturated carbocycles. The van der Waals surface area contributed by atoms with Gasteiger partial charge in [-0.2, -0.15) is 0 Å². The summed E-state index contributed by atoms with van der Waals surface area (Å²) in [4.78, 5) is 11.5. The van der Waals surface area contributed by atoms with Crippen LogP contribution in [0.3, 0.4) is 0 Å². The predicted molar refractivity (Wildman–Crippen MR) is 89.0 cm³/mol. The first-order chi connectivity index (χ1) is 10.8. The Hall–Kier alpha value is -1.60. The lowest BCUT2D eigenvalue weighted by molar-refractivity contribution is -0.118. The number of carbonyl (C=O) groups is 1. The molecule has 0 bridgehead atoms. The number of sulfonamides is 1. The molecule has 128 valence electrons. The monoisotopic (exact) mass is 340 g/mol. The van der Waals surface area contributed by atoms with Gasteiger partial charge in [0.2, 0.25) is 10.0 Å². The molecule has 2 rings (SSSR count). The molecule has 1 aromatic rings. The fourth-order valence-electron chi connectivity index (χ4n) is 2.45. The first kappa shape index (κ1) is 17.7. The SMILES string of the molecule is CC(C)CCC[C@@H](C)NS(=O)(=O)c1ccc2c(c1)NC(=O)CO2. The third-order valence-corrected chi connectivity index (χ3v) is 5.26. The number of carbonyl (C=O) groups excluding carboxylic acids is 1. The lowest BCUT2D eigenvalue weighted by atomic mass is 10.0. The highest BCUT2D eigenvalue weighted by atomic mass is 32.2. The van der Waals surface area contributed by atoms with E-state index in [9.17, 15) is 13.2 Å². The Bertz CT molecular complexity index is 671. The number of hydrogen-bond donors (Lipinski definition) is 2. The van der Waals surface area contributed by atoms with Crippen molar-refractivity contribution >= 4 is 21.6 Å². The van der Waals surface area contributed by atoms with Gasteiger partial charge in [0.05, 0.1) is 10.6 Å². The van der Waals surface area contributed by atoms with E-state index in [0.29, 0.717) is 17.4 Å². The summed E-state index contributed by atoms with van der Waals surface area (Å²) in [5.41, 5.74) is 0.386. The fourth-order valence-corrected chi connectivity index (χ4v) is 3.76. The Labute approximate surface area is 137 Å². The molecule has 2 N–H and O–H groups in total. The highest BCUT2D eigenvalue weighted by Crippen LogP contribution is 2.30. The van der Waals surface area contributed by atoms with Crippen LogP contribution in [0.25, 0.3) is 0 Å². The van der Waals surface area contributed by atoms with Crippen LogP contribution in [0.1, 0.15) is 40.0 Å². The van der Waals surface area contributed by atoms with Crippen molar-refractivity contribution in [3.8, 4) is 5.75 Å². The maximum atomic E-state index is 12.4. The van der Waals surface area contributed by atoms with Crippen LogP contribution in [-0.2, 0) is 14.8 Å². The molecule has 1 aromatic carbocycles. The largest absolute Gasteiger partial charge is 0.482 e. The standard InChI is InChI=1S/C16H24N2O4S/c1-11(2)5-4-6-12(3)18-23(20,21)13-7-8-15-14(9-13)17-16(19)10-22-15/h7-9,11-12,18H,4-6,10H2,1-3H3,(H,17,19)/t12-/m1/s1. The van der Waals surface area contributed by atoms with E-state index in [2.05, 4.69) is 23.9 Å². The van der Waals surface area contributed by atoms with Crippen LogP contribution in [-0.4, -0.2) is 27.0 Å². The minimum Gasteiger partial charge on any atom is -0.482 e.